The van der Waals surface area contributed by atoms with Crippen LogP contribution in [0.1, 0.15) is 57.0 Å². The summed E-state index contributed by atoms with van der Waals surface area (Å²) in [5.41, 5.74) is 2.59. The maximum absolute atomic E-state index is 11.4. The summed E-state index contributed by atoms with van der Waals surface area (Å²) in [5, 5.41) is 14.0. The lowest BCUT2D eigenvalue weighted by Gasteiger charge is -2.25. The summed E-state index contributed by atoms with van der Waals surface area (Å²) in [6.45, 7) is 12.6. The van der Waals surface area contributed by atoms with Gasteiger partial charge in [0.1, 0.15) is 19.4 Å². The van der Waals surface area contributed by atoms with Crippen molar-refractivity contribution in [3.8, 4) is 11.9 Å². The highest BCUT2D eigenvalue weighted by Gasteiger charge is 2.29. The molecule has 0 spiro atoms. The summed E-state index contributed by atoms with van der Waals surface area (Å²) in [6, 6.07) is 3.20. The van der Waals surface area contributed by atoms with Gasteiger partial charge in [0, 0.05) is 24.4 Å². The lowest BCUT2D eigenvalue weighted by atomic mass is 9.95. The standard InChI is InChI=1S/C28H39N5O5Si/c1-7-20(22-16-29-24(15-19(22)2)37-17-28(3,4)26(34)35)11-12-23-25-30-27(38-21-9-8-10-21)33(31-25)18-36-13-14-39(5,6)32-23/h7,11-12,15-16,21H,8-10,13-14,17-18H2,1-6H3,(H,34,35)/b12-11-,20-7+,32-23?. The van der Waals surface area contributed by atoms with Crippen LogP contribution in [0.3, 0.4) is 0 Å². The Hall–Kier alpha value is -3.31. The van der Waals surface area contributed by atoms with Gasteiger partial charge in [-0.05, 0) is 83.3 Å². The second-order valence-electron chi connectivity index (χ2n) is 11.4. The van der Waals surface area contributed by atoms with Crippen LogP contribution in [0, 0.1) is 12.3 Å². The number of rotatable bonds is 9. The molecule has 2 aromatic heterocycles. The first kappa shape index (κ1) is 28.7. The van der Waals surface area contributed by atoms with E-state index >= 15 is 0 Å². The summed E-state index contributed by atoms with van der Waals surface area (Å²) in [5.74, 6) is 0.00704. The first-order chi connectivity index (χ1) is 18.5. The number of hydrogen-bond acceptors (Lipinski definition) is 8. The predicted molar refractivity (Wildman–Crippen MR) is 152 cm³/mol. The quantitative estimate of drug-likeness (QED) is 0.338. The number of carbonyl (C=O) groups is 1. The van der Waals surface area contributed by atoms with Gasteiger partial charge < -0.3 is 24.0 Å². The molecule has 0 aromatic carbocycles. The van der Waals surface area contributed by atoms with Crippen LogP contribution in [-0.4, -0.2) is 64.1 Å². The maximum atomic E-state index is 11.4. The van der Waals surface area contributed by atoms with Gasteiger partial charge in [-0.15, -0.1) is 5.10 Å². The third kappa shape index (κ3) is 7.21. The molecule has 2 aliphatic rings. The van der Waals surface area contributed by atoms with E-state index in [0.717, 1.165) is 41.3 Å². The van der Waals surface area contributed by atoms with Crippen LogP contribution in [0.4, 0.5) is 0 Å². The molecule has 0 amide bonds. The van der Waals surface area contributed by atoms with Crippen LogP contribution in [0.5, 0.6) is 11.9 Å². The Kier molecular flexibility index (Phi) is 8.70. The smallest absolute Gasteiger partial charge is 0.317 e. The largest absolute Gasteiger partial charge is 0.481 e. The average Bonchev–Trinajstić information content (AvgIpc) is 3.25. The summed E-state index contributed by atoms with van der Waals surface area (Å²) in [7, 11) is -1.98. The molecule has 0 unspecified atom stereocenters. The monoisotopic (exact) mass is 553 g/mol. The van der Waals surface area contributed by atoms with Gasteiger partial charge in [0.2, 0.25) is 11.7 Å². The molecule has 210 valence electrons. The van der Waals surface area contributed by atoms with E-state index in [1.165, 1.54) is 6.42 Å². The molecule has 39 heavy (non-hydrogen) atoms. The molecule has 0 saturated heterocycles. The molecule has 3 heterocycles. The fraction of sp³-hybridized carbons (Fsp3) is 0.536. The zero-order valence-electron chi connectivity index (χ0n) is 23.7. The Morgan fingerprint density at radius 1 is 1.33 bits per heavy atom. The van der Waals surface area contributed by atoms with Gasteiger partial charge >= 0.3 is 12.0 Å². The van der Waals surface area contributed by atoms with Crippen LogP contribution in [0.15, 0.2) is 35.1 Å². The number of allylic oxidation sites excluding steroid dienone is 4. The van der Waals surface area contributed by atoms with E-state index < -0.39 is 19.6 Å². The zero-order valence-corrected chi connectivity index (χ0v) is 24.7. The highest BCUT2D eigenvalue weighted by molar-refractivity contribution is 6.77. The Morgan fingerprint density at radius 3 is 2.74 bits per heavy atom. The molecule has 0 radical (unpaired) electrons. The summed E-state index contributed by atoms with van der Waals surface area (Å²) < 4.78 is 24.5. The van der Waals surface area contributed by atoms with Crippen molar-refractivity contribution in [2.75, 3.05) is 13.2 Å². The van der Waals surface area contributed by atoms with Crippen LogP contribution < -0.4 is 9.47 Å². The van der Waals surface area contributed by atoms with Crippen molar-refractivity contribution in [1.82, 2.24) is 19.7 Å². The van der Waals surface area contributed by atoms with E-state index in [-0.39, 0.29) is 12.7 Å². The van der Waals surface area contributed by atoms with Crippen molar-refractivity contribution < 1.29 is 24.1 Å². The lowest BCUT2D eigenvalue weighted by molar-refractivity contribution is -0.148. The molecule has 4 rings (SSSR count). The predicted octanol–water partition coefficient (Wildman–Crippen LogP) is 5.04. The van der Waals surface area contributed by atoms with Crippen molar-refractivity contribution in [3.05, 3.63) is 47.4 Å². The average molecular weight is 554 g/mol. The molecule has 1 saturated carbocycles. The molecule has 11 heteroatoms. The van der Waals surface area contributed by atoms with Crippen LogP contribution in [0.2, 0.25) is 19.1 Å². The number of ether oxygens (including phenoxy) is 3. The highest BCUT2D eigenvalue weighted by Crippen LogP contribution is 2.27. The Labute approximate surface area is 230 Å². The number of pyridine rings is 1. The number of aryl methyl sites for hydroxylation is 1. The summed E-state index contributed by atoms with van der Waals surface area (Å²) in [6.07, 6.45) is 11.2. The third-order valence-corrected chi connectivity index (χ3v) is 9.25. The molecule has 1 aliphatic heterocycles. The molecule has 0 atom stereocenters. The molecule has 1 N–H and O–H groups in total. The van der Waals surface area contributed by atoms with Gasteiger partial charge in [0.25, 0.3) is 0 Å². The normalized spacial score (nSPS) is 18.4. The summed E-state index contributed by atoms with van der Waals surface area (Å²) in [4.78, 5) is 20.5. The van der Waals surface area contributed by atoms with Gasteiger partial charge in [-0.3, -0.25) is 4.79 Å². The number of nitrogens with zero attached hydrogens (tertiary/aromatic N) is 5. The molecule has 2 bridgehead atoms. The highest BCUT2D eigenvalue weighted by atomic mass is 28.3. The summed E-state index contributed by atoms with van der Waals surface area (Å²) >= 11 is 0. The minimum Gasteiger partial charge on any atom is -0.481 e. The van der Waals surface area contributed by atoms with Crippen LogP contribution in [-0.2, 0) is 16.3 Å². The fourth-order valence-corrected chi connectivity index (χ4v) is 5.58. The van der Waals surface area contributed by atoms with Crippen molar-refractivity contribution in [3.63, 3.8) is 0 Å². The van der Waals surface area contributed by atoms with Gasteiger partial charge in [0.05, 0.1) is 11.1 Å². The van der Waals surface area contributed by atoms with E-state index in [9.17, 15) is 9.90 Å². The van der Waals surface area contributed by atoms with Gasteiger partial charge in [-0.2, -0.15) is 9.67 Å². The molecule has 10 nitrogen and oxygen atoms in total. The zero-order chi connectivity index (χ0) is 28.2. The number of aliphatic carboxylic acids is 1. The molecular formula is C28H39N5O5Si. The molecule has 1 fully saturated rings. The minimum atomic E-state index is -1.98. The Morgan fingerprint density at radius 2 is 2.10 bits per heavy atom. The van der Waals surface area contributed by atoms with Crippen LogP contribution >= 0.6 is 0 Å². The third-order valence-electron chi connectivity index (χ3n) is 6.97. The SMILES string of the molecule is C/C=C(\C=C/C1=N[Si](C)(C)CCOCn2nc1nc2OC1CCC1)c1cnc(OCC(C)(C)C(=O)O)cc1C. The lowest BCUT2D eigenvalue weighted by Crippen LogP contribution is -2.30. The first-order valence-electron chi connectivity index (χ1n) is 13.4. The molecule has 2 aromatic rings. The number of fused-ring (bicyclic) bond motifs is 2. The van der Waals surface area contributed by atoms with E-state index in [2.05, 4.69) is 18.1 Å². The Balaban J connectivity index is 1.59. The first-order valence-corrected chi connectivity index (χ1v) is 16.6. The number of aromatic nitrogens is 4. The Bertz CT molecular complexity index is 1290. The van der Waals surface area contributed by atoms with E-state index in [4.69, 9.17) is 29.0 Å². The van der Waals surface area contributed by atoms with Gasteiger partial charge in [0.15, 0.2) is 8.24 Å². The number of carboxylic acid groups (broad SMARTS) is 1. The van der Waals surface area contributed by atoms with Crippen LogP contribution in [0.25, 0.3) is 5.57 Å². The maximum Gasteiger partial charge on any atom is 0.317 e. The fourth-order valence-electron chi connectivity index (χ4n) is 4.00. The van der Waals surface area contributed by atoms with Crippen molar-refractivity contribution >= 4 is 25.5 Å². The minimum absolute atomic E-state index is 0.0289. The van der Waals surface area contributed by atoms with Crippen molar-refractivity contribution in [2.45, 2.75) is 78.9 Å². The molecule has 1 aliphatic carbocycles. The topological polar surface area (TPSA) is 121 Å². The van der Waals surface area contributed by atoms with E-state index in [0.29, 0.717) is 31.1 Å². The van der Waals surface area contributed by atoms with E-state index in [1.807, 2.05) is 38.1 Å². The van der Waals surface area contributed by atoms with Crippen molar-refractivity contribution in [2.24, 2.45) is 10.1 Å². The second kappa shape index (κ2) is 11.8. The van der Waals surface area contributed by atoms with E-state index in [1.54, 1.807) is 24.7 Å². The van der Waals surface area contributed by atoms with Crippen molar-refractivity contribution in [1.29, 1.82) is 0 Å². The number of carboxylic acids is 1. The van der Waals surface area contributed by atoms with Gasteiger partial charge in [-0.1, -0.05) is 12.2 Å². The second-order valence-corrected chi connectivity index (χ2v) is 15.7. The molecular weight excluding hydrogens is 514 g/mol. The number of hydrogen-bond donors (Lipinski definition) is 1. The van der Waals surface area contributed by atoms with Gasteiger partial charge in [-0.25, -0.2) is 4.98 Å².